The molecule has 1 aliphatic carbocycles. The highest BCUT2D eigenvalue weighted by molar-refractivity contribution is 6.49. The number of hydrogen-bond acceptors (Lipinski definition) is 3. The normalized spacial score (nSPS) is 17.9. The second-order valence-corrected chi connectivity index (χ2v) is 2.85. The van der Waals surface area contributed by atoms with Crippen molar-refractivity contribution in [3.05, 3.63) is 35.1 Å². The predicted molar refractivity (Wildman–Crippen MR) is 43.7 cm³/mol. The molecule has 1 aliphatic rings. The van der Waals surface area contributed by atoms with E-state index in [9.17, 15) is 9.18 Å². The van der Waals surface area contributed by atoms with Gasteiger partial charge in [0.25, 0.3) is 0 Å². The van der Waals surface area contributed by atoms with Crippen LogP contribution in [0.15, 0.2) is 23.4 Å². The molecule has 1 aromatic rings. The number of hydrogen-bond donors (Lipinski definition) is 1. The van der Waals surface area contributed by atoms with Crippen molar-refractivity contribution in [1.82, 2.24) is 0 Å². The molecule has 13 heavy (non-hydrogen) atoms. The third-order valence-corrected chi connectivity index (χ3v) is 2.05. The second-order valence-electron chi connectivity index (χ2n) is 2.85. The molecule has 0 radical (unpaired) electrons. The van der Waals surface area contributed by atoms with Crippen molar-refractivity contribution in [3.63, 3.8) is 0 Å². The SMILES string of the molecule is O=C1C(=NO)Cc2cc(F)ccc21. The average molecular weight is 179 g/mol. The van der Waals surface area contributed by atoms with Gasteiger partial charge in [0, 0.05) is 12.0 Å². The van der Waals surface area contributed by atoms with Gasteiger partial charge in [0.05, 0.1) is 0 Å². The van der Waals surface area contributed by atoms with Crippen molar-refractivity contribution in [1.29, 1.82) is 0 Å². The summed E-state index contributed by atoms with van der Waals surface area (Å²) in [6.07, 6.45) is 0.211. The molecule has 0 aromatic heterocycles. The van der Waals surface area contributed by atoms with E-state index in [1.54, 1.807) is 0 Å². The maximum atomic E-state index is 12.7. The van der Waals surface area contributed by atoms with E-state index in [1.165, 1.54) is 18.2 Å². The van der Waals surface area contributed by atoms with Crippen LogP contribution in [0.2, 0.25) is 0 Å². The molecule has 0 aliphatic heterocycles. The summed E-state index contributed by atoms with van der Waals surface area (Å²) < 4.78 is 12.7. The summed E-state index contributed by atoms with van der Waals surface area (Å²) in [5, 5.41) is 11.3. The fourth-order valence-corrected chi connectivity index (χ4v) is 1.43. The van der Waals surface area contributed by atoms with Gasteiger partial charge in [0.2, 0.25) is 5.78 Å². The van der Waals surface area contributed by atoms with Crippen LogP contribution in [-0.2, 0) is 6.42 Å². The van der Waals surface area contributed by atoms with Gasteiger partial charge in [0.15, 0.2) is 0 Å². The van der Waals surface area contributed by atoms with Crippen molar-refractivity contribution in [2.24, 2.45) is 5.16 Å². The number of halogens is 1. The van der Waals surface area contributed by atoms with E-state index in [2.05, 4.69) is 5.16 Å². The summed E-state index contributed by atoms with van der Waals surface area (Å²) in [4.78, 5) is 11.3. The van der Waals surface area contributed by atoms with Crippen LogP contribution in [0.3, 0.4) is 0 Å². The Bertz CT molecular complexity index is 412. The Morgan fingerprint density at radius 3 is 2.92 bits per heavy atom. The first-order valence-corrected chi connectivity index (χ1v) is 3.76. The Kier molecular flexibility index (Phi) is 1.62. The van der Waals surface area contributed by atoms with Crippen LogP contribution < -0.4 is 0 Å². The molecule has 0 heterocycles. The summed E-state index contributed by atoms with van der Waals surface area (Å²) in [5.74, 6) is -0.705. The van der Waals surface area contributed by atoms with E-state index in [1.807, 2.05) is 0 Å². The lowest BCUT2D eigenvalue weighted by Gasteiger charge is -1.93. The van der Waals surface area contributed by atoms with Crippen LogP contribution >= 0.6 is 0 Å². The van der Waals surface area contributed by atoms with Crippen LogP contribution in [0.4, 0.5) is 4.39 Å². The van der Waals surface area contributed by atoms with Gasteiger partial charge in [-0.2, -0.15) is 0 Å². The molecule has 2 rings (SSSR count). The average Bonchev–Trinajstić information content (AvgIpc) is 2.42. The number of fused-ring (bicyclic) bond motifs is 1. The number of Topliss-reactive ketones (excluding diaryl/α,β-unsaturated/α-hetero) is 1. The van der Waals surface area contributed by atoms with Crippen molar-refractivity contribution in [2.75, 3.05) is 0 Å². The molecule has 0 saturated heterocycles. The van der Waals surface area contributed by atoms with Crippen LogP contribution in [0.25, 0.3) is 0 Å². The van der Waals surface area contributed by atoms with E-state index in [-0.39, 0.29) is 23.7 Å². The Balaban J connectivity index is 2.56. The van der Waals surface area contributed by atoms with Crippen molar-refractivity contribution in [2.45, 2.75) is 6.42 Å². The number of carbonyl (C=O) groups is 1. The van der Waals surface area contributed by atoms with Gasteiger partial charge in [-0.05, 0) is 23.8 Å². The highest BCUT2D eigenvalue weighted by Crippen LogP contribution is 2.20. The first-order valence-electron chi connectivity index (χ1n) is 3.76. The summed E-state index contributed by atoms with van der Waals surface area (Å²) >= 11 is 0. The molecule has 0 spiro atoms. The lowest BCUT2D eigenvalue weighted by Crippen LogP contribution is -2.06. The quantitative estimate of drug-likeness (QED) is 0.483. The zero-order valence-electron chi connectivity index (χ0n) is 6.62. The van der Waals surface area contributed by atoms with Crippen LogP contribution in [0.5, 0.6) is 0 Å². The number of benzene rings is 1. The number of rotatable bonds is 0. The lowest BCUT2D eigenvalue weighted by atomic mass is 10.1. The molecule has 0 saturated carbocycles. The molecule has 1 N–H and O–H groups in total. The first-order chi connectivity index (χ1) is 6.22. The molecule has 1 aromatic carbocycles. The van der Waals surface area contributed by atoms with E-state index in [0.29, 0.717) is 11.1 Å². The number of nitrogens with zero attached hydrogens (tertiary/aromatic N) is 1. The lowest BCUT2D eigenvalue weighted by molar-refractivity contribution is 0.106. The smallest absolute Gasteiger partial charge is 0.211 e. The third-order valence-electron chi connectivity index (χ3n) is 2.05. The molecular formula is C9H6FNO2. The third kappa shape index (κ3) is 1.11. The van der Waals surface area contributed by atoms with Gasteiger partial charge in [-0.25, -0.2) is 4.39 Å². The van der Waals surface area contributed by atoms with E-state index in [0.717, 1.165) is 0 Å². The summed E-state index contributed by atoms with van der Waals surface area (Å²) in [7, 11) is 0. The summed E-state index contributed by atoms with van der Waals surface area (Å²) in [5.41, 5.74) is 1.08. The topological polar surface area (TPSA) is 49.7 Å². The molecule has 66 valence electrons. The monoisotopic (exact) mass is 179 g/mol. The Labute approximate surface area is 73.5 Å². The van der Waals surface area contributed by atoms with Gasteiger partial charge in [-0.15, -0.1) is 0 Å². The first kappa shape index (κ1) is 7.91. The maximum absolute atomic E-state index is 12.7. The number of ketones is 1. The number of carbonyl (C=O) groups excluding carboxylic acids is 1. The number of oxime groups is 1. The fourth-order valence-electron chi connectivity index (χ4n) is 1.43. The minimum atomic E-state index is -0.384. The Hall–Kier alpha value is -1.71. The minimum Gasteiger partial charge on any atom is -0.411 e. The van der Waals surface area contributed by atoms with Gasteiger partial charge in [0.1, 0.15) is 11.5 Å². The molecule has 0 unspecified atom stereocenters. The molecule has 0 fully saturated rings. The standard InChI is InChI=1S/C9H6FNO2/c10-6-1-2-7-5(3-6)4-8(11-13)9(7)12/h1-3,13H,4H2. The van der Waals surface area contributed by atoms with Gasteiger partial charge >= 0.3 is 0 Å². The highest BCUT2D eigenvalue weighted by atomic mass is 19.1. The van der Waals surface area contributed by atoms with E-state index in [4.69, 9.17) is 5.21 Å². The van der Waals surface area contributed by atoms with Crippen LogP contribution in [0.1, 0.15) is 15.9 Å². The molecule has 3 nitrogen and oxygen atoms in total. The van der Waals surface area contributed by atoms with E-state index < -0.39 is 0 Å². The Morgan fingerprint density at radius 1 is 1.46 bits per heavy atom. The van der Waals surface area contributed by atoms with E-state index >= 15 is 0 Å². The molecule has 4 heteroatoms. The van der Waals surface area contributed by atoms with Gasteiger partial charge in [-0.3, -0.25) is 4.79 Å². The van der Waals surface area contributed by atoms with Gasteiger partial charge < -0.3 is 5.21 Å². The van der Waals surface area contributed by atoms with Crippen molar-refractivity contribution in [3.8, 4) is 0 Å². The molecule has 0 bridgehead atoms. The fraction of sp³-hybridized carbons (Fsp3) is 0.111. The molecule has 0 amide bonds. The highest BCUT2D eigenvalue weighted by Gasteiger charge is 2.26. The predicted octanol–water partition coefficient (Wildman–Crippen LogP) is 1.39. The largest absolute Gasteiger partial charge is 0.411 e. The maximum Gasteiger partial charge on any atom is 0.211 e. The van der Waals surface area contributed by atoms with Crippen LogP contribution in [0, 0.1) is 5.82 Å². The van der Waals surface area contributed by atoms with Crippen molar-refractivity contribution < 1.29 is 14.4 Å². The second kappa shape index (κ2) is 2.65. The molecular weight excluding hydrogens is 173 g/mol. The van der Waals surface area contributed by atoms with Gasteiger partial charge in [-0.1, -0.05) is 5.16 Å². The zero-order valence-corrected chi connectivity index (χ0v) is 6.62. The summed E-state index contributed by atoms with van der Waals surface area (Å²) in [6, 6.07) is 3.91. The Morgan fingerprint density at radius 2 is 2.23 bits per heavy atom. The van der Waals surface area contributed by atoms with Crippen molar-refractivity contribution >= 4 is 11.5 Å². The van der Waals surface area contributed by atoms with Crippen LogP contribution in [-0.4, -0.2) is 16.7 Å². The minimum absolute atomic E-state index is 0.0700. The zero-order chi connectivity index (χ0) is 9.42. The molecule has 0 atom stereocenters. The summed E-state index contributed by atoms with van der Waals surface area (Å²) in [6.45, 7) is 0.